The standard InChI is InChI=1S/C16H16N2O/c1-16(2,19)12-8-9-13-14(10-12)18-15(17-13)11-6-4-3-5-7-11/h3-10,19H,1-2H3,(H,17,18). The Morgan fingerprint density at radius 1 is 1.05 bits per heavy atom. The first-order valence-corrected chi connectivity index (χ1v) is 6.32. The Bertz CT molecular complexity index is 708. The van der Waals surface area contributed by atoms with Crippen molar-refractivity contribution in [2.75, 3.05) is 0 Å². The summed E-state index contributed by atoms with van der Waals surface area (Å²) in [6.45, 7) is 3.56. The van der Waals surface area contributed by atoms with Crippen molar-refractivity contribution in [3.8, 4) is 11.4 Å². The summed E-state index contributed by atoms with van der Waals surface area (Å²) < 4.78 is 0. The molecular formula is C16H16N2O. The molecule has 0 radical (unpaired) electrons. The maximum Gasteiger partial charge on any atom is 0.138 e. The van der Waals surface area contributed by atoms with Gasteiger partial charge in [-0.2, -0.15) is 0 Å². The molecule has 3 rings (SSSR count). The molecule has 0 bridgehead atoms. The smallest absolute Gasteiger partial charge is 0.138 e. The Kier molecular flexibility index (Phi) is 2.64. The lowest BCUT2D eigenvalue weighted by Gasteiger charge is -2.17. The summed E-state index contributed by atoms with van der Waals surface area (Å²) >= 11 is 0. The fourth-order valence-electron chi connectivity index (χ4n) is 2.12. The van der Waals surface area contributed by atoms with Crippen molar-refractivity contribution in [1.82, 2.24) is 9.97 Å². The van der Waals surface area contributed by atoms with E-state index in [0.717, 1.165) is 28.0 Å². The van der Waals surface area contributed by atoms with Crippen LogP contribution in [0.4, 0.5) is 0 Å². The summed E-state index contributed by atoms with van der Waals surface area (Å²) in [5.41, 5.74) is 2.95. The van der Waals surface area contributed by atoms with Gasteiger partial charge in [-0.05, 0) is 31.5 Å². The van der Waals surface area contributed by atoms with E-state index in [9.17, 15) is 5.11 Å². The van der Waals surface area contributed by atoms with Gasteiger partial charge in [0.05, 0.1) is 16.6 Å². The van der Waals surface area contributed by atoms with Crippen LogP contribution < -0.4 is 0 Å². The van der Waals surface area contributed by atoms with E-state index in [1.807, 2.05) is 48.5 Å². The van der Waals surface area contributed by atoms with Gasteiger partial charge < -0.3 is 10.1 Å². The number of hydrogen-bond donors (Lipinski definition) is 2. The van der Waals surface area contributed by atoms with Crippen molar-refractivity contribution in [2.45, 2.75) is 19.4 Å². The molecule has 0 saturated carbocycles. The van der Waals surface area contributed by atoms with Crippen LogP contribution in [-0.4, -0.2) is 15.1 Å². The highest BCUT2D eigenvalue weighted by Crippen LogP contribution is 2.25. The van der Waals surface area contributed by atoms with E-state index in [1.165, 1.54) is 0 Å². The number of benzene rings is 2. The summed E-state index contributed by atoms with van der Waals surface area (Å²) in [7, 11) is 0. The average Bonchev–Trinajstić information content (AvgIpc) is 2.81. The normalized spacial score (nSPS) is 11.9. The first-order valence-electron chi connectivity index (χ1n) is 6.32. The highest BCUT2D eigenvalue weighted by atomic mass is 16.3. The van der Waals surface area contributed by atoms with E-state index >= 15 is 0 Å². The summed E-state index contributed by atoms with van der Waals surface area (Å²) in [6.07, 6.45) is 0. The number of hydrogen-bond acceptors (Lipinski definition) is 2. The van der Waals surface area contributed by atoms with Crippen molar-refractivity contribution < 1.29 is 5.11 Å². The lowest BCUT2D eigenvalue weighted by molar-refractivity contribution is 0.0787. The van der Waals surface area contributed by atoms with Gasteiger partial charge in [0.25, 0.3) is 0 Å². The van der Waals surface area contributed by atoms with Crippen molar-refractivity contribution >= 4 is 11.0 Å². The second-order valence-corrected chi connectivity index (χ2v) is 5.24. The molecular weight excluding hydrogens is 236 g/mol. The summed E-state index contributed by atoms with van der Waals surface area (Å²) in [5, 5.41) is 10.0. The number of nitrogens with zero attached hydrogens (tertiary/aromatic N) is 1. The zero-order valence-electron chi connectivity index (χ0n) is 11.0. The van der Waals surface area contributed by atoms with Crippen LogP contribution >= 0.6 is 0 Å². The Balaban J connectivity index is 2.12. The molecule has 1 heterocycles. The second kappa shape index (κ2) is 4.21. The first-order chi connectivity index (χ1) is 9.04. The molecule has 0 atom stereocenters. The van der Waals surface area contributed by atoms with Crippen molar-refractivity contribution in [2.24, 2.45) is 0 Å². The highest BCUT2D eigenvalue weighted by molar-refractivity contribution is 5.80. The minimum absolute atomic E-state index is 0.841. The third-order valence-electron chi connectivity index (χ3n) is 3.24. The maximum absolute atomic E-state index is 10.0. The quantitative estimate of drug-likeness (QED) is 0.733. The number of imidazole rings is 1. The molecule has 96 valence electrons. The fourth-order valence-corrected chi connectivity index (χ4v) is 2.12. The van der Waals surface area contributed by atoms with Crippen molar-refractivity contribution in [3.05, 3.63) is 54.1 Å². The van der Waals surface area contributed by atoms with Crippen molar-refractivity contribution in [1.29, 1.82) is 0 Å². The van der Waals surface area contributed by atoms with Gasteiger partial charge in [-0.15, -0.1) is 0 Å². The number of rotatable bonds is 2. The number of aromatic nitrogens is 2. The second-order valence-electron chi connectivity index (χ2n) is 5.24. The molecule has 0 unspecified atom stereocenters. The molecule has 0 fully saturated rings. The molecule has 0 aliphatic heterocycles. The molecule has 0 aliphatic carbocycles. The van der Waals surface area contributed by atoms with Gasteiger partial charge in [-0.1, -0.05) is 36.4 Å². The molecule has 0 spiro atoms. The third kappa shape index (κ3) is 2.25. The molecule has 3 heteroatoms. The Morgan fingerprint density at radius 3 is 2.47 bits per heavy atom. The number of H-pyrrole nitrogens is 1. The predicted molar refractivity (Wildman–Crippen MR) is 76.8 cm³/mol. The van der Waals surface area contributed by atoms with Crippen LogP contribution in [0.2, 0.25) is 0 Å². The molecule has 0 saturated heterocycles. The Labute approximate surface area is 111 Å². The largest absolute Gasteiger partial charge is 0.386 e. The van der Waals surface area contributed by atoms with Crippen molar-refractivity contribution in [3.63, 3.8) is 0 Å². The van der Waals surface area contributed by atoms with E-state index in [1.54, 1.807) is 13.8 Å². The lowest BCUT2D eigenvalue weighted by atomic mass is 9.98. The lowest BCUT2D eigenvalue weighted by Crippen LogP contribution is -2.14. The Hall–Kier alpha value is -2.13. The van der Waals surface area contributed by atoms with Gasteiger partial charge in [0.15, 0.2) is 0 Å². The van der Waals surface area contributed by atoms with Gasteiger partial charge in [0.1, 0.15) is 5.82 Å². The third-order valence-corrected chi connectivity index (χ3v) is 3.24. The molecule has 1 aromatic heterocycles. The van der Waals surface area contributed by atoms with E-state index in [-0.39, 0.29) is 0 Å². The zero-order valence-corrected chi connectivity index (χ0v) is 11.0. The number of aliphatic hydroxyl groups is 1. The van der Waals surface area contributed by atoms with E-state index in [0.29, 0.717) is 0 Å². The van der Waals surface area contributed by atoms with E-state index in [4.69, 9.17) is 0 Å². The fraction of sp³-hybridized carbons (Fsp3) is 0.188. The highest BCUT2D eigenvalue weighted by Gasteiger charge is 2.17. The van der Waals surface area contributed by atoms with Gasteiger partial charge in [0, 0.05) is 5.56 Å². The zero-order chi connectivity index (χ0) is 13.5. The van der Waals surface area contributed by atoms with E-state index in [2.05, 4.69) is 9.97 Å². The predicted octanol–water partition coefficient (Wildman–Crippen LogP) is 3.46. The molecule has 0 amide bonds. The summed E-state index contributed by atoms with van der Waals surface area (Å²) in [6, 6.07) is 15.8. The minimum Gasteiger partial charge on any atom is -0.386 e. The SMILES string of the molecule is CC(C)(O)c1ccc2nc(-c3ccccc3)[nH]c2c1. The minimum atomic E-state index is -0.841. The molecule has 0 aliphatic rings. The Morgan fingerprint density at radius 2 is 1.79 bits per heavy atom. The van der Waals surface area contributed by atoms with Crippen LogP contribution in [0.3, 0.4) is 0 Å². The molecule has 2 N–H and O–H groups in total. The summed E-state index contributed by atoms with van der Waals surface area (Å²) in [4.78, 5) is 7.87. The van der Waals surface area contributed by atoms with Gasteiger partial charge in [-0.25, -0.2) is 4.98 Å². The van der Waals surface area contributed by atoms with E-state index < -0.39 is 5.60 Å². The van der Waals surface area contributed by atoms with Gasteiger partial charge >= 0.3 is 0 Å². The van der Waals surface area contributed by atoms with Crippen LogP contribution in [0.25, 0.3) is 22.4 Å². The van der Waals surface area contributed by atoms with Crippen LogP contribution in [0, 0.1) is 0 Å². The van der Waals surface area contributed by atoms with Gasteiger partial charge in [0.2, 0.25) is 0 Å². The topological polar surface area (TPSA) is 48.9 Å². The van der Waals surface area contributed by atoms with Gasteiger partial charge in [-0.3, -0.25) is 0 Å². The van der Waals surface area contributed by atoms with Crippen LogP contribution in [0.5, 0.6) is 0 Å². The van der Waals surface area contributed by atoms with Crippen LogP contribution in [-0.2, 0) is 5.60 Å². The monoisotopic (exact) mass is 252 g/mol. The van der Waals surface area contributed by atoms with Crippen LogP contribution in [0.1, 0.15) is 19.4 Å². The maximum atomic E-state index is 10.0. The van der Waals surface area contributed by atoms with Crippen LogP contribution in [0.15, 0.2) is 48.5 Å². The number of nitrogens with one attached hydrogen (secondary N) is 1. The summed E-state index contributed by atoms with van der Waals surface area (Å²) in [5.74, 6) is 0.850. The molecule has 3 aromatic rings. The molecule has 19 heavy (non-hydrogen) atoms. The average molecular weight is 252 g/mol. The number of fused-ring (bicyclic) bond motifs is 1. The molecule has 2 aromatic carbocycles. The molecule has 3 nitrogen and oxygen atoms in total. The first kappa shape index (κ1) is 11.9. The number of aromatic amines is 1.